The third-order valence-electron chi connectivity index (χ3n) is 3.07. The number of nitrogens with one attached hydrogen (secondary N) is 1. The molecule has 6 heteroatoms. The molecule has 1 aromatic carbocycles. The maximum absolute atomic E-state index is 12.4. The van der Waals surface area contributed by atoms with Crippen LogP contribution in [0.5, 0.6) is 5.75 Å². The number of carbonyl (C=O) groups is 2. The van der Waals surface area contributed by atoms with Crippen molar-refractivity contribution in [1.82, 2.24) is 5.32 Å². The largest absolute Gasteiger partial charge is 0.478 e. The molecule has 2 rings (SSSR count). The van der Waals surface area contributed by atoms with Gasteiger partial charge in [0.15, 0.2) is 0 Å². The minimum Gasteiger partial charge on any atom is -0.478 e. The molecule has 1 atom stereocenters. The third kappa shape index (κ3) is 3.08. The van der Waals surface area contributed by atoms with Crippen LogP contribution in [0.25, 0.3) is 0 Å². The summed E-state index contributed by atoms with van der Waals surface area (Å²) in [5.74, 6) is 1.69. The van der Waals surface area contributed by atoms with Crippen LogP contribution in [0.1, 0.15) is 13.8 Å². The number of amides is 2. The molecule has 6 nitrogen and oxygen atoms in total. The summed E-state index contributed by atoms with van der Waals surface area (Å²) in [6, 6.07) is 6.31. The Morgan fingerprint density at radius 1 is 1.48 bits per heavy atom. The number of anilines is 1. The van der Waals surface area contributed by atoms with Gasteiger partial charge in [0.05, 0.1) is 17.8 Å². The van der Waals surface area contributed by atoms with Gasteiger partial charge in [0, 0.05) is 0 Å². The number of urea groups is 1. The number of carboxylic acids is 1. The van der Waals surface area contributed by atoms with Gasteiger partial charge in [-0.1, -0.05) is 18.1 Å². The number of carboxylic acid groups (broad SMARTS) is 1. The second kappa shape index (κ2) is 5.37. The standard InChI is InChI=1S/C15H16N2O4/c1-4-15(2,3)16-14(20)17-9-12(13(18)19)21-11-8-6-5-7-10(11)17/h1,5-8,12H,9H2,2-3H3,(H,16,20)(H,18,19). The maximum Gasteiger partial charge on any atom is 0.346 e. The quantitative estimate of drug-likeness (QED) is 0.808. The van der Waals surface area contributed by atoms with Crippen molar-refractivity contribution in [2.45, 2.75) is 25.5 Å². The molecule has 1 aliphatic heterocycles. The maximum atomic E-state index is 12.4. The van der Waals surface area contributed by atoms with E-state index in [0.717, 1.165) is 0 Å². The van der Waals surface area contributed by atoms with E-state index < -0.39 is 23.6 Å². The SMILES string of the molecule is C#CC(C)(C)NC(=O)N1CC(C(=O)O)Oc2ccccc21. The van der Waals surface area contributed by atoms with Crippen LogP contribution in [-0.4, -0.2) is 35.3 Å². The number of fused-ring (bicyclic) bond motifs is 1. The summed E-state index contributed by atoms with van der Waals surface area (Å²) in [5.41, 5.74) is -0.316. The van der Waals surface area contributed by atoms with Gasteiger partial charge in [-0.25, -0.2) is 9.59 Å². The van der Waals surface area contributed by atoms with Crippen LogP contribution in [0.4, 0.5) is 10.5 Å². The molecular formula is C15H16N2O4. The van der Waals surface area contributed by atoms with Crippen molar-refractivity contribution in [2.75, 3.05) is 11.4 Å². The van der Waals surface area contributed by atoms with Crippen LogP contribution < -0.4 is 15.0 Å². The summed E-state index contributed by atoms with van der Waals surface area (Å²) in [5, 5.41) is 11.8. The van der Waals surface area contributed by atoms with Crippen LogP contribution in [-0.2, 0) is 4.79 Å². The van der Waals surface area contributed by atoms with Gasteiger partial charge in [0.2, 0.25) is 6.10 Å². The number of hydrogen-bond donors (Lipinski definition) is 2. The lowest BCUT2D eigenvalue weighted by molar-refractivity contribution is -0.144. The van der Waals surface area contributed by atoms with Crippen molar-refractivity contribution in [3.05, 3.63) is 24.3 Å². The van der Waals surface area contributed by atoms with Crippen LogP contribution in [0.15, 0.2) is 24.3 Å². The van der Waals surface area contributed by atoms with E-state index in [1.807, 2.05) is 0 Å². The molecule has 0 aromatic heterocycles. The van der Waals surface area contributed by atoms with Crippen molar-refractivity contribution < 1.29 is 19.4 Å². The molecule has 110 valence electrons. The topological polar surface area (TPSA) is 78.9 Å². The van der Waals surface area contributed by atoms with Crippen molar-refractivity contribution in [1.29, 1.82) is 0 Å². The molecule has 0 fully saturated rings. The van der Waals surface area contributed by atoms with Gasteiger partial charge in [0.25, 0.3) is 0 Å². The summed E-state index contributed by atoms with van der Waals surface area (Å²) in [6.07, 6.45) is 4.24. The number of terminal acetylenes is 1. The van der Waals surface area contributed by atoms with E-state index in [2.05, 4.69) is 11.2 Å². The molecule has 1 unspecified atom stereocenters. The number of ether oxygens (including phenoxy) is 1. The average molecular weight is 288 g/mol. The summed E-state index contributed by atoms with van der Waals surface area (Å²) >= 11 is 0. The Bertz CT molecular complexity index is 618. The Hall–Kier alpha value is -2.68. The highest BCUT2D eigenvalue weighted by Crippen LogP contribution is 2.33. The van der Waals surface area contributed by atoms with Gasteiger partial charge in [-0.3, -0.25) is 4.90 Å². The van der Waals surface area contributed by atoms with E-state index in [-0.39, 0.29) is 6.54 Å². The predicted octanol–water partition coefficient (Wildman–Crippen LogP) is 1.46. The molecule has 0 saturated heterocycles. The molecule has 1 aliphatic rings. The Morgan fingerprint density at radius 2 is 2.14 bits per heavy atom. The summed E-state index contributed by atoms with van der Waals surface area (Å²) in [7, 11) is 0. The Labute approximate surface area is 122 Å². The smallest absolute Gasteiger partial charge is 0.346 e. The minimum absolute atomic E-state index is 0.0845. The van der Waals surface area contributed by atoms with E-state index in [4.69, 9.17) is 16.3 Å². The van der Waals surface area contributed by atoms with Crippen LogP contribution >= 0.6 is 0 Å². The number of nitrogens with zero attached hydrogens (tertiary/aromatic N) is 1. The Morgan fingerprint density at radius 3 is 2.76 bits per heavy atom. The highest BCUT2D eigenvalue weighted by Gasteiger charge is 2.34. The molecule has 1 heterocycles. The van der Waals surface area contributed by atoms with Crippen molar-refractivity contribution >= 4 is 17.7 Å². The number of rotatable bonds is 2. The van der Waals surface area contributed by atoms with E-state index in [9.17, 15) is 9.59 Å². The van der Waals surface area contributed by atoms with Gasteiger partial charge >= 0.3 is 12.0 Å². The summed E-state index contributed by atoms with van der Waals surface area (Å²) in [4.78, 5) is 24.9. The first-order chi connectivity index (χ1) is 9.84. The second-order valence-electron chi connectivity index (χ2n) is 5.22. The first-order valence-electron chi connectivity index (χ1n) is 6.40. The molecule has 0 radical (unpaired) electrons. The lowest BCUT2D eigenvalue weighted by atomic mass is 10.1. The number of carbonyl (C=O) groups excluding carboxylic acids is 1. The molecule has 0 spiro atoms. The van der Waals surface area contributed by atoms with E-state index in [1.165, 1.54) is 4.90 Å². The van der Waals surface area contributed by atoms with E-state index in [0.29, 0.717) is 11.4 Å². The summed E-state index contributed by atoms with van der Waals surface area (Å²) < 4.78 is 5.37. The second-order valence-corrected chi connectivity index (χ2v) is 5.22. The van der Waals surface area contributed by atoms with Gasteiger partial charge in [-0.15, -0.1) is 6.42 Å². The van der Waals surface area contributed by atoms with Crippen LogP contribution in [0.2, 0.25) is 0 Å². The molecule has 1 aromatic rings. The van der Waals surface area contributed by atoms with Crippen LogP contribution in [0, 0.1) is 12.3 Å². The lowest BCUT2D eigenvalue weighted by Crippen LogP contribution is -2.54. The summed E-state index contributed by atoms with van der Waals surface area (Å²) in [6.45, 7) is 3.29. The molecule has 0 saturated carbocycles. The first kappa shape index (κ1) is 14.7. The monoisotopic (exact) mass is 288 g/mol. The third-order valence-corrected chi connectivity index (χ3v) is 3.07. The highest BCUT2D eigenvalue weighted by molar-refractivity contribution is 5.96. The molecule has 21 heavy (non-hydrogen) atoms. The zero-order valence-corrected chi connectivity index (χ0v) is 11.8. The Balaban J connectivity index is 2.32. The number of hydrogen-bond acceptors (Lipinski definition) is 3. The van der Waals surface area contributed by atoms with Gasteiger partial charge in [0.1, 0.15) is 5.75 Å². The fourth-order valence-corrected chi connectivity index (χ4v) is 1.93. The fraction of sp³-hybridized carbons (Fsp3) is 0.333. The Kier molecular flexibility index (Phi) is 3.76. The zero-order valence-electron chi connectivity index (χ0n) is 11.8. The minimum atomic E-state index is -1.13. The molecule has 2 N–H and O–H groups in total. The van der Waals surface area contributed by atoms with Crippen LogP contribution in [0.3, 0.4) is 0 Å². The van der Waals surface area contributed by atoms with E-state index >= 15 is 0 Å². The normalized spacial score (nSPS) is 17.2. The molecule has 2 amide bonds. The van der Waals surface area contributed by atoms with Crippen molar-refractivity contribution in [3.8, 4) is 18.1 Å². The number of para-hydroxylation sites is 2. The highest BCUT2D eigenvalue weighted by atomic mass is 16.5. The fourth-order valence-electron chi connectivity index (χ4n) is 1.93. The zero-order chi connectivity index (χ0) is 15.6. The molecule has 0 aliphatic carbocycles. The van der Waals surface area contributed by atoms with Gasteiger partial charge in [-0.05, 0) is 26.0 Å². The van der Waals surface area contributed by atoms with E-state index in [1.54, 1.807) is 38.1 Å². The molecule has 0 bridgehead atoms. The predicted molar refractivity (Wildman–Crippen MR) is 77.3 cm³/mol. The van der Waals surface area contributed by atoms with Gasteiger partial charge < -0.3 is 15.2 Å². The van der Waals surface area contributed by atoms with Gasteiger partial charge in [-0.2, -0.15) is 0 Å². The molecular weight excluding hydrogens is 272 g/mol. The van der Waals surface area contributed by atoms with Crippen molar-refractivity contribution in [2.24, 2.45) is 0 Å². The van der Waals surface area contributed by atoms with Crippen molar-refractivity contribution in [3.63, 3.8) is 0 Å². The number of benzene rings is 1. The average Bonchev–Trinajstić information content (AvgIpc) is 2.45. The lowest BCUT2D eigenvalue weighted by Gasteiger charge is -2.34. The first-order valence-corrected chi connectivity index (χ1v) is 6.40. The number of aliphatic carboxylic acids is 1.